The van der Waals surface area contributed by atoms with Crippen molar-refractivity contribution < 1.29 is 9.84 Å². The highest BCUT2D eigenvalue weighted by molar-refractivity contribution is 6.12. The third kappa shape index (κ3) is 7.89. The minimum atomic E-state index is -0.121. The molecule has 1 aliphatic heterocycles. The summed E-state index contributed by atoms with van der Waals surface area (Å²) in [5.41, 5.74) is 9.25. The van der Waals surface area contributed by atoms with Crippen molar-refractivity contribution in [3.8, 4) is 17.4 Å². The number of anilines is 1. The Kier molecular flexibility index (Phi) is 10.6. The number of phenols is 1. The molecule has 0 spiro atoms. The van der Waals surface area contributed by atoms with Crippen molar-refractivity contribution in [1.29, 1.82) is 0 Å². The van der Waals surface area contributed by atoms with E-state index in [2.05, 4.69) is 124 Å². The lowest BCUT2D eigenvalue weighted by Gasteiger charge is -2.32. The molecule has 0 amide bonds. The number of phenolic OH excluding ortho intramolecular Hbond substituents is 1. The van der Waals surface area contributed by atoms with Crippen molar-refractivity contribution in [3.05, 3.63) is 88.0 Å². The monoisotopic (exact) mass is 701 g/mol. The largest absolute Gasteiger partial charge is 0.506 e. The summed E-state index contributed by atoms with van der Waals surface area (Å²) in [6, 6.07) is 19.7. The van der Waals surface area contributed by atoms with Crippen LogP contribution in [0.5, 0.6) is 17.4 Å². The topological polar surface area (TPSA) is 58.0 Å². The molecule has 52 heavy (non-hydrogen) atoms. The zero-order valence-electron chi connectivity index (χ0n) is 34.0. The summed E-state index contributed by atoms with van der Waals surface area (Å²) in [5.74, 6) is 4.21. The Bertz CT molecular complexity index is 1920. The molecule has 1 N–H and O–H groups in total. The van der Waals surface area contributed by atoms with E-state index in [1.165, 1.54) is 60.0 Å². The van der Waals surface area contributed by atoms with Gasteiger partial charge < -0.3 is 14.7 Å². The molecule has 0 bridgehead atoms. The second kappa shape index (κ2) is 14.5. The number of pyridine rings is 1. The van der Waals surface area contributed by atoms with Gasteiger partial charge in [-0.25, -0.2) is 4.98 Å². The lowest BCUT2D eigenvalue weighted by Crippen LogP contribution is -2.34. The molecule has 2 aliphatic rings. The molecule has 1 atom stereocenters. The van der Waals surface area contributed by atoms with Crippen LogP contribution in [0.1, 0.15) is 166 Å². The second-order valence-electron chi connectivity index (χ2n) is 18.6. The quantitative estimate of drug-likeness (QED) is 0.199. The molecule has 5 nitrogen and oxygen atoms in total. The molecule has 0 radical (unpaired) electrons. The first-order valence-corrected chi connectivity index (χ1v) is 19.9. The molecule has 278 valence electrons. The smallest absolute Gasteiger partial charge is 0.219 e. The molecule has 5 heteroatoms. The molecule has 2 heterocycles. The Labute approximate surface area is 313 Å². The van der Waals surface area contributed by atoms with Gasteiger partial charge in [-0.2, -0.15) is 0 Å². The van der Waals surface area contributed by atoms with Gasteiger partial charge in [-0.1, -0.05) is 114 Å². The summed E-state index contributed by atoms with van der Waals surface area (Å²) in [5, 5.41) is 11.9. The molecule has 1 aliphatic carbocycles. The van der Waals surface area contributed by atoms with Gasteiger partial charge in [0.2, 0.25) is 5.88 Å². The number of benzene rings is 3. The number of fused-ring (bicyclic) bond motifs is 1. The highest BCUT2D eigenvalue weighted by Gasteiger charge is 2.36. The van der Waals surface area contributed by atoms with Gasteiger partial charge >= 0.3 is 0 Å². The first-order chi connectivity index (χ1) is 24.4. The Balaban J connectivity index is 1.49. The summed E-state index contributed by atoms with van der Waals surface area (Å²) in [6.07, 6.45) is 6.44. The number of aromatic nitrogens is 1. The highest BCUT2D eigenvalue weighted by atomic mass is 16.5. The average Bonchev–Trinajstić information content (AvgIpc) is 3.52. The second-order valence-corrected chi connectivity index (χ2v) is 18.6. The maximum atomic E-state index is 11.0. The van der Waals surface area contributed by atoms with E-state index in [9.17, 15) is 5.11 Å². The van der Waals surface area contributed by atoms with E-state index in [1.54, 1.807) is 0 Å². The van der Waals surface area contributed by atoms with E-state index in [1.807, 2.05) is 18.2 Å². The van der Waals surface area contributed by atoms with Crippen molar-refractivity contribution in [1.82, 2.24) is 4.98 Å². The van der Waals surface area contributed by atoms with E-state index < -0.39 is 0 Å². The number of ether oxygens (including phenoxy) is 1. The summed E-state index contributed by atoms with van der Waals surface area (Å²) < 4.78 is 6.63. The van der Waals surface area contributed by atoms with Gasteiger partial charge in [0, 0.05) is 29.2 Å². The van der Waals surface area contributed by atoms with Crippen LogP contribution in [0.2, 0.25) is 0 Å². The Morgan fingerprint density at radius 2 is 1.35 bits per heavy atom. The van der Waals surface area contributed by atoms with Gasteiger partial charge in [0.1, 0.15) is 22.9 Å². The molecule has 6 rings (SSSR count). The van der Waals surface area contributed by atoms with Crippen molar-refractivity contribution >= 4 is 22.4 Å². The number of aliphatic imine (C=N–C) groups is 1. The maximum absolute atomic E-state index is 11.0. The SMILES string of the molecule is CC(C)c1cc(C(C)C)c(N2C[C@H](C3CCCCC3)N=C2c2cc(Oc3ccc4cc(C(C)(C)C)cc(O)c4n3)cc(C(C)(C)C)c2)c(C(C)C)c1. The Morgan fingerprint density at radius 3 is 1.92 bits per heavy atom. The van der Waals surface area contributed by atoms with Crippen molar-refractivity contribution in [2.45, 2.75) is 150 Å². The Hall–Kier alpha value is -3.86. The van der Waals surface area contributed by atoms with E-state index in [0.717, 1.165) is 34.6 Å². The average molecular weight is 702 g/mol. The van der Waals surface area contributed by atoms with Crippen molar-refractivity contribution in [3.63, 3.8) is 0 Å². The first-order valence-electron chi connectivity index (χ1n) is 19.9. The lowest BCUT2D eigenvalue weighted by atomic mass is 9.83. The molecular formula is C47H63N3O2. The fourth-order valence-corrected chi connectivity index (χ4v) is 8.00. The Morgan fingerprint density at radius 1 is 0.731 bits per heavy atom. The molecule has 1 fully saturated rings. The summed E-state index contributed by atoms with van der Waals surface area (Å²) >= 11 is 0. The number of nitrogens with zero attached hydrogens (tertiary/aromatic N) is 3. The number of aromatic hydroxyl groups is 1. The predicted octanol–water partition coefficient (Wildman–Crippen LogP) is 12.9. The zero-order chi connectivity index (χ0) is 37.7. The number of hydrogen-bond acceptors (Lipinski definition) is 5. The van der Waals surface area contributed by atoms with E-state index >= 15 is 0 Å². The molecule has 4 aromatic rings. The van der Waals surface area contributed by atoms with Gasteiger partial charge in [0.05, 0.1) is 6.04 Å². The van der Waals surface area contributed by atoms with Crippen LogP contribution < -0.4 is 9.64 Å². The first kappa shape index (κ1) is 37.9. The minimum absolute atomic E-state index is 0.0835. The standard InChI is InChI=1S/C47H63N3O2/c1-28(2)33-23-38(29(3)4)44(39(24-33)30(5)6)50-27-40(31-16-14-13-15-17-31)48-45(50)34-21-35(46(7,8)9)25-37(22-34)52-42-19-18-32-20-36(47(10,11)12)26-41(51)43(32)49-42/h18-26,28-31,40,51H,13-17,27H2,1-12H3/t40-/m1/s1. The van der Waals surface area contributed by atoms with Crippen LogP contribution in [-0.2, 0) is 10.8 Å². The van der Waals surface area contributed by atoms with Crippen LogP contribution in [-0.4, -0.2) is 28.5 Å². The van der Waals surface area contributed by atoms with Crippen LogP contribution >= 0.6 is 0 Å². The lowest BCUT2D eigenvalue weighted by molar-refractivity contribution is 0.315. The van der Waals surface area contributed by atoms with Crippen LogP contribution in [0.3, 0.4) is 0 Å². The third-order valence-electron chi connectivity index (χ3n) is 11.3. The van der Waals surface area contributed by atoms with E-state index in [4.69, 9.17) is 14.7 Å². The van der Waals surface area contributed by atoms with Crippen molar-refractivity contribution in [2.24, 2.45) is 10.9 Å². The number of hydrogen-bond donors (Lipinski definition) is 1. The fraction of sp³-hybridized carbons (Fsp3) is 0.532. The van der Waals surface area contributed by atoms with Gasteiger partial charge in [0.25, 0.3) is 0 Å². The summed E-state index contributed by atoms with van der Waals surface area (Å²) in [7, 11) is 0. The van der Waals surface area contributed by atoms with Crippen molar-refractivity contribution in [2.75, 3.05) is 11.4 Å². The third-order valence-corrected chi connectivity index (χ3v) is 11.3. The molecule has 0 saturated heterocycles. The van der Waals surface area contributed by atoms with Gasteiger partial charge in [-0.3, -0.25) is 4.99 Å². The van der Waals surface area contributed by atoms with Crippen LogP contribution in [0.25, 0.3) is 10.9 Å². The summed E-state index contributed by atoms with van der Waals surface area (Å²) in [6.45, 7) is 28.1. The zero-order valence-corrected chi connectivity index (χ0v) is 34.0. The molecule has 1 aromatic heterocycles. The molecule has 3 aromatic carbocycles. The fourth-order valence-electron chi connectivity index (χ4n) is 8.00. The molecule has 0 unspecified atom stereocenters. The summed E-state index contributed by atoms with van der Waals surface area (Å²) in [4.78, 5) is 13.1. The molecular weight excluding hydrogens is 639 g/mol. The van der Waals surface area contributed by atoms with E-state index in [0.29, 0.717) is 35.1 Å². The number of amidine groups is 1. The highest BCUT2D eigenvalue weighted by Crippen LogP contribution is 2.43. The molecule has 1 saturated carbocycles. The normalized spacial score (nSPS) is 17.6. The number of rotatable bonds is 8. The maximum Gasteiger partial charge on any atom is 0.219 e. The van der Waals surface area contributed by atoms with Crippen LogP contribution in [0.15, 0.2) is 59.6 Å². The van der Waals surface area contributed by atoms with Crippen LogP contribution in [0, 0.1) is 5.92 Å². The predicted molar refractivity (Wildman–Crippen MR) is 220 cm³/mol. The van der Waals surface area contributed by atoms with Crippen LogP contribution in [0.4, 0.5) is 5.69 Å². The minimum Gasteiger partial charge on any atom is -0.506 e. The van der Waals surface area contributed by atoms with Gasteiger partial charge in [-0.05, 0) is 112 Å². The van der Waals surface area contributed by atoms with Gasteiger partial charge in [0.15, 0.2) is 0 Å². The van der Waals surface area contributed by atoms with E-state index in [-0.39, 0.29) is 22.6 Å². The van der Waals surface area contributed by atoms with Gasteiger partial charge in [-0.15, -0.1) is 0 Å².